The van der Waals surface area contributed by atoms with Crippen molar-refractivity contribution in [1.82, 2.24) is 0 Å². The van der Waals surface area contributed by atoms with Crippen LogP contribution >= 0.6 is 11.6 Å². The largest absolute Gasteiger partial charge is 0.489 e. The van der Waals surface area contributed by atoms with Crippen molar-refractivity contribution in [3.05, 3.63) is 64.7 Å². The van der Waals surface area contributed by atoms with Crippen LogP contribution in [0.25, 0.3) is 0 Å². The van der Waals surface area contributed by atoms with E-state index in [0.717, 1.165) is 16.9 Å². The fraction of sp³-hybridized carbons (Fsp3) is 0.278. The topological polar surface area (TPSA) is 26.3 Å². The molecule has 21 heavy (non-hydrogen) atoms. The van der Waals surface area contributed by atoms with Gasteiger partial charge in [0.15, 0.2) is 5.78 Å². The van der Waals surface area contributed by atoms with Crippen molar-refractivity contribution >= 4 is 17.4 Å². The van der Waals surface area contributed by atoms with Crippen LogP contribution in [0.5, 0.6) is 5.75 Å². The lowest BCUT2D eigenvalue weighted by molar-refractivity contribution is 0.0991. The molecule has 1 unspecified atom stereocenters. The highest BCUT2D eigenvalue weighted by Crippen LogP contribution is 2.22. The number of ether oxygens (including phenoxy) is 1. The quantitative estimate of drug-likeness (QED) is 0.591. The van der Waals surface area contributed by atoms with E-state index >= 15 is 0 Å². The molecule has 0 heterocycles. The van der Waals surface area contributed by atoms with Crippen molar-refractivity contribution in [2.75, 3.05) is 0 Å². The highest BCUT2D eigenvalue weighted by atomic mass is 35.5. The third-order valence-corrected chi connectivity index (χ3v) is 3.50. The molecule has 2 aromatic rings. The van der Waals surface area contributed by atoms with Crippen LogP contribution in [0.4, 0.5) is 0 Å². The molecule has 0 aliphatic carbocycles. The number of halogens is 1. The summed E-state index contributed by atoms with van der Waals surface area (Å²) >= 11 is 5.83. The average Bonchev–Trinajstić information content (AvgIpc) is 2.45. The third-order valence-electron chi connectivity index (χ3n) is 3.30. The molecule has 0 saturated heterocycles. The lowest BCUT2D eigenvalue weighted by Gasteiger charge is -2.11. The molecule has 0 bridgehead atoms. The van der Waals surface area contributed by atoms with Crippen LogP contribution in [0.1, 0.15) is 34.0 Å². The summed E-state index contributed by atoms with van der Waals surface area (Å²) in [6, 6.07) is 13.6. The normalized spacial score (nSPS) is 12.0. The van der Waals surface area contributed by atoms with Crippen LogP contribution in [0.15, 0.2) is 42.5 Å². The van der Waals surface area contributed by atoms with Crippen LogP contribution in [-0.4, -0.2) is 11.2 Å². The second kappa shape index (κ2) is 6.77. The van der Waals surface area contributed by atoms with E-state index in [0.29, 0.717) is 12.2 Å². The number of alkyl halides is 1. The minimum Gasteiger partial charge on any atom is -0.489 e. The van der Waals surface area contributed by atoms with E-state index in [4.69, 9.17) is 16.3 Å². The Labute approximate surface area is 130 Å². The summed E-state index contributed by atoms with van der Waals surface area (Å²) in [6.45, 7) is 6.19. The molecule has 110 valence electrons. The summed E-state index contributed by atoms with van der Waals surface area (Å²) in [4.78, 5) is 11.9. The van der Waals surface area contributed by atoms with Gasteiger partial charge in [-0.2, -0.15) is 0 Å². The van der Waals surface area contributed by atoms with E-state index in [1.165, 1.54) is 5.56 Å². The summed E-state index contributed by atoms with van der Waals surface area (Å²) in [6.07, 6.45) is 0. The first kappa shape index (κ1) is 15.6. The Hall–Kier alpha value is -1.80. The molecule has 0 spiro atoms. The Morgan fingerprint density at radius 2 is 1.95 bits per heavy atom. The lowest BCUT2D eigenvalue weighted by atomic mass is 10.1. The van der Waals surface area contributed by atoms with Crippen molar-refractivity contribution in [1.29, 1.82) is 0 Å². The van der Waals surface area contributed by atoms with Gasteiger partial charge in [0.2, 0.25) is 0 Å². The summed E-state index contributed by atoms with van der Waals surface area (Å²) in [5, 5.41) is -0.511. The molecule has 2 aromatic carbocycles. The van der Waals surface area contributed by atoms with Crippen molar-refractivity contribution in [2.45, 2.75) is 32.8 Å². The molecule has 2 rings (SSSR count). The molecule has 0 N–H and O–H groups in total. The van der Waals surface area contributed by atoms with E-state index < -0.39 is 5.38 Å². The fourth-order valence-electron chi connectivity index (χ4n) is 2.16. The minimum atomic E-state index is -0.511. The summed E-state index contributed by atoms with van der Waals surface area (Å²) < 4.78 is 5.83. The fourth-order valence-corrected chi connectivity index (χ4v) is 2.28. The SMILES string of the molecule is Cc1cccc(COc2ccc(C(=O)C(C)Cl)cc2C)c1. The number of aryl methyl sites for hydroxylation is 2. The molecule has 0 aliphatic heterocycles. The Bertz CT molecular complexity index is 647. The number of Topliss-reactive ketones (excluding diaryl/α,β-unsaturated/α-hetero) is 1. The van der Waals surface area contributed by atoms with Crippen molar-refractivity contribution in [2.24, 2.45) is 0 Å². The molecule has 1 atom stereocenters. The van der Waals surface area contributed by atoms with Gasteiger partial charge < -0.3 is 4.74 Å². The van der Waals surface area contributed by atoms with E-state index in [-0.39, 0.29) is 5.78 Å². The molecular weight excluding hydrogens is 284 g/mol. The number of benzene rings is 2. The van der Waals surface area contributed by atoms with Crippen molar-refractivity contribution in [3.8, 4) is 5.75 Å². The van der Waals surface area contributed by atoms with Crippen LogP contribution in [-0.2, 0) is 6.61 Å². The molecule has 0 radical (unpaired) electrons. The smallest absolute Gasteiger partial charge is 0.180 e. The summed E-state index contributed by atoms with van der Waals surface area (Å²) in [7, 11) is 0. The maximum atomic E-state index is 11.9. The standard InChI is InChI=1S/C18H19ClO2/c1-12-5-4-6-15(9-12)11-21-17-8-7-16(10-13(17)2)18(20)14(3)19/h4-10,14H,11H2,1-3H3. The summed E-state index contributed by atoms with van der Waals surface area (Å²) in [5.41, 5.74) is 3.90. The summed E-state index contributed by atoms with van der Waals surface area (Å²) in [5.74, 6) is 0.722. The molecule has 0 aromatic heterocycles. The molecule has 0 aliphatic rings. The third kappa shape index (κ3) is 4.08. The number of rotatable bonds is 5. The van der Waals surface area contributed by atoms with E-state index in [2.05, 4.69) is 19.1 Å². The van der Waals surface area contributed by atoms with E-state index in [9.17, 15) is 4.79 Å². The first-order valence-corrected chi connectivity index (χ1v) is 7.38. The maximum Gasteiger partial charge on any atom is 0.180 e. The monoisotopic (exact) mass is 302 g/mol. The van der Waals surface area contributed by atoms with Crippen LogP contribution in [0, 0.1) is 13.8 Å². The molecular formula is C18H19ClO2. The minimum absolute atomic E-state index is 0.0648. The molecule has 0 fully saturated rings. The maximum absolute atomic E-state index is 11.9. The number of ketones is 1. The van der Waals surface area contributed by atoms with Gasteiger partial charge in [-0.15, -0.1) is 11.6 Å². The second-order valence-corrected chi connectivity index (χ2v) is 5.89. The van der Waals surface area contributed by atoms with Crippen molar-refractivity contribution < 1.29 is 9.53 Å². The van der Waals surface area contributed by atoms with Gasteiger partial charge in [-0.3, -0.25) is 4.79 Å². The number of carbonyl (C=O) groups excluding carboxylic acids is 1. The van der Waals surface area contributed by atoms with Crippen LogP contribution in [0.2, 0.25) is 0 Å². The Morgan fingerprint density at radius 3 is 2.57 bits per heavy atom. The predicted molar refractivity (Wildman–Crippen MR) is 86.3 cm³/mol. The van der Waals surface area contributed by atoms with Crippen molar-refractivity contribution in [3.63, 3.8) is 0 Å². The first-order valence-electron chi connectivity index (χ1n) is 6.94. The van der Waals surface area contributed by atoms with E-state index in [1.54, 1.807) is 13.0 Å². The van der Waals surface area contributed by atoms with Gasteiger partial charge in [0.05, 0.1) is 5.38 Å². The van der Waals surface area contributed by atoms with Crippen LogP contribution < -0.4 is 4.74 Å². The number of hydrogen-bond acceptors (Lipinski definition) is 2. The first-order chi connectivity index (χ1) is 9.97. The van der Waals surface area contributed by atoms with Gasteiger partial charge in [-0.05, 0) is 50.1 Å². The average molecular weight is 303 g/mol. The zero-order chi connectivity index (χ0) is 15.4. The predicted octanol–water partition coefficient (Wildman–Crippen LogP) is 4.69. The molecule has 3 heteroatoms. The van der Waals surface area contributed by atoms with Gasteiger partial charge >= 0.3 is 0 Å². The van der Waals surface area contributed by atoms with E-state index in [1.807, 2.05) is 31.2 Å². The Balaban J connectivity index is 2.09. The van der Waals surface area contributed by atoms with Gasteiger partial charge in [0, 0.05) is 5.56 Å². The number of hydrogen-bond donors (Lipinski definition) is 0. The highest BCUT2D eigenvalue weighted by Gasteiger charge is 2.13. The Kier molecular flexibility index (Phi) is 5.03. The number of carbonyl (C=O) groups is 1. The molecule has 0 amide bonds. The second-order valence-electron chi connectivity index (χ2n) is 5.24. The molecule has 0 saturated carbocycles. The van der Waals surface area contributed by atoms with Gasteiger partial charge in [0.1, 0.15) is 12.4 Å². The van der Waals surface area contributed by atoms with Gasteiger partial charge in [-0.1, -0.05) is 29.8 Å². The van der Waals surface area contributed by atoms with Gasteiger partial charge in [0.25, 0.3) is 0 Å². The van der Waals surface area contributed by atoms with Crippen LogP contribution in [0.3, 0.4) is 0 Å². The lowest BCUT2D eigenvalue weighted by Crippen LogP contribution is -2.10. The highest BCUT2D eigenvalue weighted by molar-refractivity contribution is 6.33. The zero-order valence-electron chi connectivity index (χ0n) is 12.5. The molecule has 2 nitrogen and oxygen atoms in total. The van der Waals surface area contributed by atoms with Gasteiger partial charge in [-0.25, -0.2) is 0 Å². The Morgan fingerprint density at radius 1 is 1.19 bits per heavy atom. The zero-order valence-corrected chi connectivity index (χ0v) is 13.3.